The molecule has 1 aromatic heterocycles. The van der Waals surface area contributed by atoms with Gasteiger partial charge in [0, 0.05) is 10.6 Å². The first-order chi connectivity index (χ1) is 11.0. The standard InChI is InChI=1S/C18H13ClN2OS/c1-10-3-4-11(2)13(7-10)17(22)14(9-20)18-21-15-8-12(19)5-6-16(15)23-18/h3-8,14H,1-2H3. The van der Waals surface area contributed by atoms with Crippen LogP contribution in [0.2, 0.25) is 5.02 Å². The third-order valence-electron chi connectivity index (χ3n) is 3.66. The molecule has 1 atom stereocenters. The van der Waals surface area contributed by atoms with Gasteiger partial charge in [0.05, 0.1) is 16.3 Å². The first-order valence-corrected chi connectivity index (χ1v) is 8.26. The third-order valence-corrected chi connectivity index (χ3v) is 5.00. The highest BCUT2D eigenvalue weighted by Gasteiger charge is 2.26. The number of hydrogen-bond donors (Lipinski definition) is 0. The van der Waals surface area contributed by atoms with Crippen LogP contribution in [0, 0.1) is 25.2 Å². The fourth-order valence-corrected chi connectivity index (χ4v) is 3.58. The second kappa shape index (κ2) is 6.11. The van der Waals surface area contributed by atoms with E-state index in [1.54, 1.807) is 12.1 Å². The number of thiazole rings is 1. The number of fused-ring (bicyclic) bond motifs is 1. The molecule has 3 aromatic rings. The molecule has 0 aliphatic rings. The highest BCUT2D eigenvalue weighted by molar-refractivity contribution is 7.18. The summed E-state index contributed by atoms with van der Waals surface area (Å²) in [5.41, 5.74) is 3.15. The van der Waals surface area contributed by atoms with Gasteiger partial charge in [-0.25, -0.2) is 4.98 Å². The Morgan fingerprint density at radius 2 is 2.04 bits per heavy atom. The molecule has 0 saturated carbocycles. The Kier molecular flexibility index (Phi) is 4.16. The molecule has 0 N–H and O–H groups in total. The SMILES string of the molecule is Cc1ccc(C)c(C(=O)C(C#N)c2nc3cc(Cl)ccc3s2)c1. The number of halogens is 1. The van der Waals surface area contributed by atoms with Crippen LogP contribution in [0.25, 0.3) is 10.2 Å². The quantitative estimate of drug-likeness (QED) is 0.626. The van der Waals surface area contributed by atoms with Crippen molar-refractivity contribution >= 4 is 38.9 Å². The van der Waals surface area contributed by atoms with Gasteiger partial charge in [0.1, 0.15) is 5.01 Å². The number of ketones is 1. The molecule has 0 radical (unpaired) electrons. The van der Waals surface area contributed by atoms with E-state index >= 15 is 0 Å². The smallest absolute Gasteiger partial charge is 0.187 e. The maximum atomic E-state index is 12.8. The lowest BCUT2D eigenvalue weighted by molar-refractivity contribution is 0.0978. The van der Waals surface area contributed by atoms with Crippen LogP contribution in [-0.2, 0) is 0 Å². The number of nitrogens with zero attached hydrogens (tertiary/aromatic N) is 2. The van der Waals surface area contributed by atoms with Crippen LogP contribution in [0.3, 0.4) is 0 Å². The van der Waals surface area contributed by atoms with Gasteiger partial charge in [-0.1, -0.05) is 29.3 Å². The summed E-state index contributed by atoms with van der Waals surface area (Å²) in [7, 11) is 0. The fourth-order valence-electron chi connectivity index (χ4n) is 2.42. The first-order valence-electron chi connectivity index (χ1n) is 7.06. The predicted octanol–water partition coefficient (Wildman–Crippen LogP) is 5.06. The van der Waals surface area contributed by atoms with Crippen LogP contribution in [0.4, 0.5) is 0 Å². The molecular weight excluding hydrogens is 328 g/mol. The van der Waals surface area contributed by atoms with E-state index in [0.29, 0.717) is 21.1 Å². The number of benzene rings is 2. The topological polar surface area (TPSA) is 53.8 Å². The largest absolute Gasteiger partial charge is 0.292 e. The molecule has 0 aliphatic carbocycles. The number of carbonyl (C=O) groups is 1. The second-order valence-corrected chi connectivity index (χ2v) is 6.91. The zero-order valence-corrected chi connectivity index (χ0v) is 14.2. The summed E-state index contributed by atoms with van der Waals surface area (Å²) in [5.74, 6) is -1.11. The summed E-state index contributed by atoms with van der Waals surface area (Å²) in [6.45, 7) is 3.80. The highest BCUT2D eigenvalue weighted by Crippen LogP contribution is 2.31. The predicted molar refractivity (Wildman–Crippen MR) is 93.2 cm³/mol. The van der Waals surface area contributed by atoms with E-state index < -0.39 is 5.92 Å². The monoisotopic (exact) mass is 340 g/mol. The van der Waals surface area contributed by atoms with Crippen LogP contribution in [0.5, 0.6) is 0 Å². The lowest BCUT2D eigenvalue weighted by Gasteiger charge is -2.09. The molecule has 1 heterocycles. The molecule has 1 unspecified atom stereocenters. The highest BCUT2D eigenvalue weighted by atomic mass is 35.5. The number of nitriles is 1. The zero-order valence-electron chi connectivity index (χ0n) is 12.6. The Hall–Kier alpha value is -2.22. The Balaban J connectivity index is 2.06. The summed E-state index contributed by atoms with van der Waals surface area (Å²) in [6, 6.07) is 13.2. The summed E-state index contributed by atoms with van der Waals surface area (Å²) < 4.78 is 0.915. The summed E-state index contributed by atoms with van der Waals surface area (Å²) in [6.07, 6.45) is 0. The minimum Gasteiger partial charge on any atom is -0.292 e. The number of aryl methyl sites for hydroxylation is 2. The molecule has 0 bridgehead atoms. The summed E-state index contributed by atoms with van der Waals surface area (Å²) in [4.78, 5) is 17.2. The van der Waals surface area contributed by atoms with E-state index in [0.717, 1.165) is 15.8 Å². The minimum absolute atomic E-state index is 0.209. The molecule has 0 spiro atoms. The van der Waals surface area contributed by atoms with Crippen molar-refractivity contribution in [3.63, 3.8) is 0 Å². The maximum Gasteiger partial charge on any atom is 0.187 e. The molecule has 23 heavy (non-hydrogen) atoms. The van der Waals surface area contributed by atoms with Gasteiger partial charge in [-0.05, 0) is 43.7 Å². The van der Waals surface area contributed by atoms with Gasteiger partial charge in [0.2, 0.25) is 0 Å². The Bertz CT molecular complexity index is 955. The van der Waals surface area contributed by atoms with Crippen molar-refractivity contribution in [2.45, 2.75) is 19.8 Å². The van der Waals surface area contributed by atoms with Gasteiger partial charge in [0.25, 0.3) is 0 Å². The molecule has 0 saturated heterocycles. The molecule has 3 rings (SSSR count). The number of aromatic nitrogens is 1. The normalized spacial score (nSPS) is 12.1. The number of carbonyl (C=O) groups excluding carboxylic acids is 1. The second-order valence-electron chi connectivity index (χ2n) is 5.41. The van der Waals surface area contributed by atoms with Gasteiger partial charge in [-0.2, -0.15) is 5.26 Å². The Morgan fingerprint density at radius 3 is 2.78 bits per heavy atom. The van der Waals surface area contributed by atoms with Crippen molar-refractivity contribution < 1.29 is 4.79 Å². The van der Waals surface area contributed by atoms with Crippen LogP contribution < -0.4 is 0 Å². The van der Waals surface area contributed by atoms with Gasteiger partial charge < -0.3 is 0 Å². The zero-order chi connectivity index (χ0) is 16.6. The van der Waals surface area contributed by atoms with Crippen LogP contribution in [-0.4, -0.2) is 10.8 Å². The van der Waals surface area contributed by atoms with E-state index in [-0.39, 0.29) is 5.78 Å². The average Bonchev–Trinajstić information content (AvgIpc) is 2.92. The molecular formula is C18H13ClN2OS. The van der Waals surface area contributed by atoms with Crippen molar-refractivity contribution in [2.75, 3.05) is 0 Å². The van der Waals surface area contributed by atoms with Gasteiger partial charge in [-0.15, -0.1) is 11.3 Å². The van der Waals surface area contributed by atoms with Crippen LogP contribution >= 0.6 is 22.9 Å². The molecule has 0 aliphatic heterocycles. The molecule has 0 amide bonds. The summed E-state index contributed by atoms with van der Waals surface area (Å²) in [5, 5.41) is 10.6. The van der Waals surface area contributed by atoms with E-state index in [1.807, 2.05) is 38.1 Å². The van der Waals surface area contributed by atoms with E-state index in [1.165, 1.54) is 11.3 Å². The molecule has 114 valence electrons. The van der Waals surface area contributed by atoms with E-state index in [2.05, 4.69) is 11.1 Å². The fraction of sp³-hybridized carbons (Fsp3) is 0.167. The van der Waals surface area contributed by atoms with Gasteiger partial charge >= 0.3 is 0 Å². The number of Topliss-reactive ketones (excluding diaryl/α,β-unsaturated/α-hetero) is 1. The van der Waals surface area contributed by atoms with Gasteiger partial charge in [0.15, 0.2) is 11.7 Å². The maximum absolute atomic E-state index is 12.8. The van der Waals surface area contributed by atoms with Crippen molar-refractivity contribution in [2.24, 2.45) is 0 Å². The molecule has 0 fully saturated rings. The van der Waals surface area contributed by atoms with Gasteiger partial charge in [-0.3, -0.25) is 4.79 Å². The Morgan fingerprint density at radius 1 is 1.26 bits per heavy atom. The third kappa shape index (κ3) is 2.98. The number of rotatable bonds is 3. The first kappa shape index (κ1) is 15.7. The number of hydrogen-bond acceptors (Lipinski definition) is 4. The lowest BCUT2D eigenvalue weighted by Crippen LogP contribution is -2.12. The molecule has 2 aromatic carbocycles. The van der Waals surface area contributed by atoms with E-state index in [4.69, 9.17) is 11.6 Å². The summed E-state index contributed by atoms with van der Waals surface area (Å²) >= 11 is 7.33. The minimum atomic E-state index is -0.897. The van der Waals surface area contributed by atoms with Crippen molar-refractivity contribution in [3.05, 3.63) is 63.1 Å². The van der Waals surface area contributed by atoms with Crippen LogP contribution in [0.1, 0.15) is 32.4 Å². The lowest BCUT2D eigenvalue weighted by atomic mass is 9.94. The van der Waals surface area contributed by atoms with E-state index in [9.17, 15) is 10.1 Å². The molecule has 3 nitrogen and oxygen atoms in total. The van der Waals surface area contributed by atoms with Crippen LogP contribution in [0.15, 0.2) is 36.4 Å². The van der Waals surface area contributed by atoms with Crippen molar-refractivity contribution in [3.8, 4) is 6.07 Å². The average molecular weight is 341 g/mol. The Labute approximate surface area is 143 Å². The van der Waals surface area contributed by atoms with Crippen molar-refractivity contribution in [1.82, 2.24) is 4.98 Å². The molecule has 5 heteroatoms. The van der Waals surface area contributed by atoms with Crippen molar-refractivity contribution in [1.29, 1.82) is 5.26 Å².